The second-order valence-corrected chi connectivity index (χ2v) is 6.51. The molecule has 7 heteroatoms. The van der Waals surface area contributed by atoms with E-state index in [9.17, 15) is 4.79 Å². The Labute approximate surface area is 140 Å². The fourth-order valence-corrected chi connectivity index (χ4v) is 3.54. The number of rotatable bonds is 2. The van der Waals surface area contributed by atoms with Gasteiger partial charge in [0.15, 0.2) is 0 Å². The summed E-state index contributed by atoms with van der Waals surface area (Å²) < 4.78 is 10.9. The van der Waals surface area contributed by atoms with Gasteiger partial charge in [0.1, 0.15) is 6.26 Å². The van der Waals surface area contributed by atoms with E-state index in [-0.39, 0.29) is 11.3 Å². The molecular formula is C17H20N4O3. The fourth-order valence-electron chi connectivity index (χ4n) is 3.54. The van der Waals surface area contributed by atoms with Crippen LogP contribution in [0.2, 0.25) is 0 Å². The molecule has 2 aliphatic rings. The molecule has 1 amide bonds. The van der Waals surface area contributed by atoms with Crippen molar-refractivity contribution in [2.75, 3.05) is 44.3 Å². The van der Waals surface area contributed by atoms with E-state index in [1.807, 2.05) is 11.0 Å². The van der Waals surface area contributed by atoms with Crippen molar-refractivity contribution in [1.29, 1.82) is 0 Å². The van der Waals surface area contributed by atoms with Crippen molar-refractivity contribution in [2.24, 2.45) is 5.41 Å². The molecule has 0 saturated carbocycles. The molecule has 4 rings (SSSR count). The molecule has 0 aliphatic carbocycles. The number of nitrogens with zero attached hydrogens (tertiary/aromatic N) is 4. The van der Waals surface area contributed by atoms with Crippen LogP contribution in [0.3, 0.4) is 0 Å². The molecule has 2 saturated heterocycles. The monoisotopic (exact) mass is 328 g/mol. The van der Waals surface area contributed by atoms with Gasteiger partial charge in [0, 0.05) is 44.0 Å². The zero-order chi connectivity index (χ0) is 16.4. The lowest BCUT2D eigenvalue weighted by Crippen LogP contribution is -2.43. The van der Waals surface area contributed by atoms with Crippen LogP contribution in [0.5, 0.6) is 0 Å². The first-order chi connectivity index (χ1) is 11.8. The number of furan rings is 1. The average molecular weight is 328 g/mol. The number of carbonyl (C=O) groups is 1. The Morgan fingerprint density at radius 3 is 2.88 bits per heavy atom. The van der Waals surface area contributed by atoms with Crippen molar-refractivity contribution in [3.05, 3.63) is 42.6 Å². The number of carbonyl (C=O) groups excluding carboxylic acids is 1. The standard InChI is InChI=1S/C17H20N4O3/c22-15(14-2-8-23-10-14)20-7-9-24-13-17(11-20)3-6-21(12-17)16-18-4-1-5-19-16/h1-2,4-5,8,10H,3,6-7,9,11-13H2/t17-/m1/s1. The fraction of sp³-hybridized carbons (Fsp3) is 0.471. The highest BCUT2D eigenvalue weighted by Crippen LogP contribution is 2.35. The molecule has 0 unspecified atom stereocenters. The van der Waals surface area contributed by atoms with Gasteiger partial charge in [0.2, 0.25) is 5.95 Å². The highest BCUT2D eigenvalue weighted by Gasteiger charge is 2.43. The molecule has 0 N–H and O–H groups in total. The first-order valence-electron chi connectivity index (χ1n) is 8.17. The van der Waals surface area contributed by atoms with Crippen molar-refractivity contribution in [1.82, 2.24) is 14.9 Å². The third-order valence-corrected chi connectivity index (χ3v) is 4.77. The van der Waals surface area contributed by atoms with Crippen LogP contribution in [-0.2, 0) is 4.74 Å². The summed E-state index contributed by atoms with van der Waals surface area (Å²) in [6, 6.07) is 3.52. The molecule has 7 nitrogen and oxygen atoms in total. The summed E-state index contributed by atoms with van der Waals surface area (Å²) in [7, 11) is 0. The first kappa shape index (κ1) is 15.1. The molecule has 126 valence electrons. The van der Waals surface area contributed by atoms with Gasteiger partial charge in [-0.1, -0.05) is 0 Å². The molecule has 1 spiro atoms. The Hall–Kier alpha value is -2.41. The molecule has 2 aromatic rings. The average Bonchev–Trinajstić information content (AvgIpc) is 3.24. The molecule has 0 bridgehead atoms. The number of hydrogen-bond acceptors (Lipinski definition) is 6. The van der Waals surface area contributed by atoms with E-state index in [1.54, 1.807) is 18.5 Å². The molecule has 0 aromatic carbocycles. The van der Waals surface area contributed by atoms with E-state index in [4.69, 9.17) is 9.15 Å². The normalized spacial score (nSPS) is 24.3. The maximum atomic E-state index is 12.7. The van der Waals surface area contributed by atoms with Crippen molar-refractivity contribution < 1.29 is 13.9 Å². The number of amides is 1. The van der Waals surface area contributed by atoms with Crippen LogP contribution >= 0.6 is 0 Å². The summed E-state index contributed by atoms with van der Waals surface area (Å²) in [5.74, 6) is 0.745. The summed E-state index contributed by atoms with van der Waals surface area (Å²) in [6.45, 7) is 4.18. The van der Waals surface area contributed by atoms with Gasteiger partial charge in [0.25, 0.3) is 5.91 Å². The Balaban J connectivity index is 1.51. The van der Waals surface area contributed by atoms with Gasteiger partial charge < -0.3 is 19.0 Å². The highest BCUT2D eigenvalue weighted by molar-refractivity contribution is 5.93. The minimum Gasteiger partial charge on any atom is -0.472 e. The zero-order valence-corrected chi connectivity index (χ0v) is 13.4. The summed E-state index contributed by atoms with van der Waals surface area (Å²) in [5, 5.41) is 0. The van der Waals surface area contributed by atoms with Gasteiger partial charge in [-0.05, 0) is 18.6 Å². The summed E-state index contributed by atoms with van der Waals surface area (Å²) in [5.41, 5.74) is 0.517. The maximum absolute atomic E-state index is 12.7. The van der Waals surface area contributed by atoms with E-state index in [2.05, 4.69) is 14.9 Å². The number of aromatic nitrogens is 2. The van der Waals surface area contributed by atoms with Gasteiger partial charge >= 0.3 is 0 Å². The minimum absolute atomic E-state index is 0.00281. The topological polar surface area (TPSA) is 71.7 Å². The van der Waals surface area contributed by atoms with Crippen LogP contribution in [-0.4, -0.2) is 60.2 Å². The van der Waals surface area contributed by atoms with Crippen LogP contribution in [0.1, 0.15) is 16.8 Å². The number of hydrogen-bond donors (Lipinski definition) is 0. The lowest BCUT2D eigenvalue weighted by Gasteiger charge is -2.31. The van der Waals surface area contributed by atoms with Crippen LogP contribution in [0.4, 0.5) is 5.95 Å². The largest absolute Gasteiger partial charge is 0.472 e. The van der Waals surface area contributed by atoms with Gasteiger partial charge in [-0.25, -0.2) is 9.97 Å². The summed E-state index contributed by atoms with van der Waals surface area (Å²) in [4.78, 5) is 25.4. The van der Waals surface area contributed by atoms with E-state index in [1.165, 1.54) is 12.5 Å². The minimum atomic E-state index is -0.0743. The molecular weight excluding hydrogens is 308 g/mol. The van der Waals surface area contributed by atoms with E-state index < -0.39 is 0 Å². The van der Waals surface area contributed by atoms with E-state index in [0.717, 1.165) is 25.5 Å². The Morgan fingerprint density at radius 2 is 2.08 bits per heavy atom. The van der Waals surface area contributed by atoms with Gasteiger partial charge in [-0.3, -0.25) is 4.79 Å². The number of anilines is 1. The predicted molar refractivity (Wildman–Crippen MR) is 86.7 cm³/mol. The second-order valence-electron chi connectivity index (χ2n) is 6.51. The predicted octanol–water partition coefficient (Wildman–Crippen LogP) is 1.44. The van der Waals surface area contributed by atoms with E-state index in [0.29, 0.717) is 31.9 Å². The van der Waals surface area contributed by atoms with Crippen LogP contribution < -0.4 is 4.90 Å². The Kier molecular flexibility index (Phi) is 3.93. The molecule has 0 radical (unpaired) electrons. The Bertz CT molecular complexity index is 691. The second kappa shape index (κ2) is 6.24. The molecule has 2 aromatic heterocycles. The number of ether oxygens (including phenoxy) is 1. The Morgan fingerprint density at radius 1 is 1.21 bits per heavy atom. The molecule has 2 fully saturated rings. The van der Waals surface area contributed by atoms with Gasteiger partial charge in [-0.15, -0.1) is 0 Å². The zero-order valence-electron chi connectivity index (χ0n) is 13.4. The molecule has 1 atom stereocenters. The van der Waals surface area contributed by atoms with Crippen molar-refractivity contribution in [3.63, 3.8) is 0 Å². The van der Waals surface area contributed by atoms with Gasteiger partial charge in [0.05, 0.1) is 25.0 Å². The van der Waals surface area contributed by atoms with Crippen LogP contribution in [0.25, 0.3) is 0 Å². The lowest BCUT2D eigenvalue weighted by atomic mass is 9.87. The summed E-state index contributed by atoms with van der Waals surface area (Å²) >= 11 is 0. The quantitative estimate of drug-likeness (QED) is 0.831. The summed E-state index contributed by atoms with van der Waals surface area (Å²) in [6.07, 6.45) is 7.50. The molecule has 4 heterocycles. The van der Waals surface area contributed by atoms with Crippen molar-refractivity contribution in [2.45, 2.75) is 6.42 Å². The third kappa shape index (κ3) is 2.87. The smallest absolute Gasteiger partial charge is 0.257 e. The SMILES string of the molecule is O=C(c1ccoc1)N1CCOC[C@]2(CCN(c3ncccn3)C2)C1. The third-order valence-electron chi connectivity index (χ3n) is 4.77. The van der Waals surface area contributed by atoms with Crippen molar-refractivity contribution in [3.8, 4) is 0 Å². The highest BCUT2D eigenvalue weighted by atomic mass is 16.5. The lowest BCUT2D eigenvalue weighted by molar-refractivity contribution is 0.0690. The first-order valence-corrected chi connectivity index (χ1v) is 8.17. The van der Waals surface area contributed by atoms with Crippen LogP contribution in [0.15, 0.2) is 41.5 Å². The maximum Gasteiger partial charge on any atom is 0.257 e. The van der Waals surface area contributed by atoms with Crippen LogP contribution in [0, 0.1) is 5.41 Å². The van der Waals surface area contributed by atoms with E-state index >= 15 is 0 Å². The molecule has 24 heavy (non-hydrogen) atoms. The molecule has 2 aliphatic heterocycles. The van der Waals surface area contributed by atoms with Gasteiger partial charge in [-0.2, -0.15) is 0 Å². The van der Waals surface area contributed by atoms with Crippen molar-refractivity contribution >= 4 is 11.9 Å².